The molecule has 0 aliphatic rings. The summed E-state index contributed by atoms with van der Waals surface area (Å²) in [6.07, 6.45) is -4.95. The number of rotatable bonds is 5. The Morgan fingerprint density at radius 2 is 2.53 bits per heavy atom. The van der Waals surface area contributed by atoms with Gasteiger partial charge in [-0.15, -0.1) is 0 Å². The maximum Gasteiger partial charge on any atom is 0.350 e. The second kappa shape index (κ2) is 5.22. The minimum atomic E-state index is -4.92. The van der Waals surface area contributed by atoms with Gasteiger partial charge in [0.25, 0.3) is 0 Å². The van der Waals surface area contributed by atoms with E-state index in [9.17, 15) is 4.57 Å². The van der Waals surface area contributed by atoms with Crippen LogP contribution in [0.4, 0.5) is 5.82 Å². The lowest BCUT2D eigenvalue weighted by atomic mass is 10.4. The Morgan fingerprint density at radius 1 is 1.74 bits per heavy atom. The molecule has 2 aromatic rings. The molecule has 0 aliphatic carbocycles. The first-order chi connectivity index (χ1) is 11.6. The lowest BCUT2D eigenvalue weighted by molar-refractivity contribution is 0.0764. The summed E-state index contributed by atoms with van der Waals surface area (Å²) in [5.74, 6) is -0.210. The SMILES string of the molecule is [2H]c1nc2c(N)ncnc2n1C([2H])([2H])C([2H])(OCP(=O)(O)O)C([2H])([2H])[2H]. The van der Waals surface area contributed by atoms with E-state index >= 15 is 0 Å². The van der Waals surface area contributed by atoms with Gasteiger partial charge in [-0.3, -0.25) is 4.57 Å². The molecule has 2 aromatic heterocycles. The maximum absolute atomic E-state index is 11.0. The molecule has 9 nitrogen and oxygen atoms in total. The normalized spacial score (nSPS) is 22.3. The molecule has 0 aliphatic heterocycles. The molecular formula is C9H14N5O4P. The van der Waals surface area contributed by atoms with Crippen molar-refractivity contribution in [3.63, 3.8) is 0 Å². The van der Waals surface area contributed by atoms with Crippen LogP contribution >= 0.6 is 7.60 Å². The Hall–Kier alpha value is -1.54. The molecule has 1 atom stereocenters. The summed E-state index contributed by atoms with van der Waals surface area (Å²) in [7, 11) is -4.92. The maximum atomic E-state index is 11.0. The Bertz CT molecular complexity index is 883. The van der Waals surface area contributed by atoms with Crippen molar-refractivity contribution >= 4 is 24.6 Å². The molecule has 0 radical (unpaired) electrons. The first-order valence-electron chi connectivity index (χ1n) is 8.26. The van der Waals surface area contributed by atoms with Crippen LogP contribution in [0.25, 0.3) is 11.2 Å². The highest BCUT2D eigenvalue weighted by atomic mass is 31.2. The Labute approximate surface area is 118 Å². The third-order valence-corrected chi connectivity index (χ3v) is 2.36. The monoisotopic (exact) mass is 294 g/mol. The zero-order valence-corrected chi connectivity index (χ0v) is 10.2. The van der Waals surface area contributed by atoms with Crippen molar-refractivity contribution in [3.05, 3.63) is 12.6 Å². The summed E-state index contributed by atoms with van der Waals surface area (Å²) in [5, 5.41) is 0. The van der Waals surface area contributed by atoms with E-state index in [1.54, 1.807) is 0 Å². The minimum Gasteiger partial charge on any atom is -0.382 e. The number of nitrogen functional groups attached to an aromatic ring is 1. The molecule has 0 fully saturated rings. The fraction of sp³-hybridized carbons (Fsp3) is 0.444. The molecule has 0 saturated heterocycles. The Morgan fingerprint density at radius 3 is 3.21 bits per heavy atom. The fourth-order valence-corrected chi connectivity index (χ4v) is 1.46. The van der Waals surface area contributed by atoms with Crippen LogP contribution in [0.3, 0.4) is 0 Å². The Kier molecular flexibility index (Phi) is 2.00. The molecule has 19 heavy (non-hydrogen) atoms. The van der Waals surface area contributed by atoms with Crippen LogP contribution in [-0.4, -0.2) is 41.7 Å². The van der Waals surface area contributed by atoms with Crippen molar-refractivity contribution in [3.8, 4) is 0 Å². The average molecular weight is 294 g/mol. The third kappa shape index (κ3) is 3.48. The van der Waals surface area contributed by atoms with Gasteiger partial charge in [0.1, 0.15) is 19.6 Å². The highest BCUT2D eigenvalue weighted by Crippen LogP contribution is 2.34. The van der Waals surface area contributed by atoms with Gasteiger partial charge in [-0.05, 0) is 6.85 Å². The predicted molar refractivity (Wildman–Crippen MR) is 67.2 cm³/mol. The molecule has 0 saturated carbocycles. The first kappa shape index (κ1) is 7.30. The standard InChI is InChI=1S/C9H14N5O4P/c1-6(18-5-19(15,16)17)2-14-4-13-7-8(10)11-3-12-9(7)14/h3-4,6H,2,5H2,1H3,(H2,10,11,12)(H2,15,16,17)/i1D3,2D2,4D,6D. The van der Waals surface area contributed by atoms with Gasteiger partial charge in [0.2, 0.25) is 0 Å². The van der Waals surface area contributed by atoms with E-state index in [0.717, 1.165) is 6.33 Å². The van der Waals surface area contributed by atoms with Crippen LogP contribution in [-0.2, 0) is 15.8 Å². The van der Waals surface area contributed by atoms with Gasteiger partial charge in [-0.1, -0.05) is 0 Å². The largest absolute Gasteiger partial charge is 0.382 e. The molecular weight excluding hydrogens is 273 g/mol. The van der Waals surface area contributed by atoms with Crippen LogP contribution in [0.5, 0.6) is 0 Å². The topological polar surface area (TPSA) is 136 Å². The second-order valence-electron chi connectivity index (χ2n) is 3.36. The van der Waals surface area contributed by atoms with Crippen molar-refractivity contribution in [1.29, 1.82) is 0 Å². The van der Waals surface area contributed by atoms with Crippen molar-refractivity contribution < 1.29 is 28.7 Å². The number of imidazole rings is 1. The molecule has 0 amide bonds. The fourth-order valence-electron chi connectivity index (χ4n) is 1.16. The molecule has 104 valence electrons. The zero-order valence-electron chi connectivity index (χ0n) is 16.3. The second-order valence-corrected chi connectivity index (χ2v) is 4.94. The van der Waals surface area contributed by atoms with Gasteiger partial charge < -0.3 is 24.8 Å². The quantitative estimate of drug-likeness (QED) is 0.653. The van der Waals surface area contributed by atoms with Crippen molar-refractivity contribution in [2.75, 3.05) is 12.1 Å². The van der Waals surface area contributed by atoms with E-state index in [1.165, 1.54) is 0 Å². The van der Waals surface area contributed by atoms with Crippen LogP contribution in [0, 0.1) is 0 Å². The average Bonchev–Trinajstić information content (AvgIpc) is 2.80. The number of hydrogen-bond donors (Lipinski definition) is 3. The van der Waals surface area contributed by atoms with Gasteiger partial charge in [0, 0.05) is 4.11 Å². The Balaban J connectivity index is 2.70. The smallest absolute Gasteiger partial charge is 0.350 e. The molecule has 10 heteroatoms. The van der Waals surface area contributed by atoms with Crippen LogP contribution in [0.15, 0.2) is 12.6 Å². The van der Waals surface area contributed by atoms with Gasteiger partial charge in [-0.2, -0.15) is 0 Å². The van der Waals surface area contributed by atoms with E-state index < -0.39 is 39.7 Å². The van der Waals surface area contributed by atoms with Gasteiger partial charge in [0.15, 0.2) is 11.5 Å². The zero-order chi connectivity index (χ0) is 20.1. The number of ether oxygens (including phenoxy) is 1. The number of aromatic nitrogens is 4. The summed E-state index contributed by atoms with van der Waals surface area (Å²) in [5.41, 5.74) is 4.98. The molecule has 2 heterocycles. The molecule has 0 spiro atoms. The van der Waals surface area contributed by atoms with Crippen LogP contribution < -0.4 is 5.73 Å². The summed E-state index contributed by atoms with van der Waals surface area (Å²) < 4.78 is 70.4. The van der Waals surface area contributed by atoms with Crippen LogP contribution in [0.2, 0.25) is 0 Å². The van der Waals surface area contributed by atoms with Gasteiger partial charge in [0.05, 0.1) is 23.0 Å². The molecule has 2 rings (SSSR count). The van der Waals surface area contributed by atoms with Crippen molar-refractivity contribution in [1.82, 2.24) is 19.5 Å². The third-order valence-electron chi connectivity index (χ3n) is 1.90. The van der Waals surface area contributed by atoms with E-state index in [4.69, 9.17) is 25.1 Å². The molecule has 4 N–H and O–H groups in total. The minimum absolute atomic E-state index is 0.204. The summed E-state index contributed by atoms with van der Waals surface area (Å²) in [6, 6.07) is 0. The molecule has 1 unspecified atom stereocenters. The first-order valence-corrected chi connectivity index (χ1v) is 6.56. The lowest BCUT2D eigenvalue weighted by Crippen LogP contribution is -2.17. The predicted octanol–water partition coefficient (Wildman–Crippen LogP) is -0.0512. The van der Waals surface area contributed by atoms with Gasteiger partial charge >= 0.3 is 7.60 Å². The number of nitrogens with zero attached hydrogens (tertiary/aromatic N) is 4. The van der Waals surface area contributed by atoms with Crippen LogP contribution in [0.1, 0.15) is 16.4 Å². The van der Waals surface area contributed by atoms with Crippen molar-refractivity contribution in [2.45, 2.75) is 19.4 Å². The number of hydrogen-bond acceptors (Lipinski definition) is 6. The number of fused-ring (bicyclic) bond motifs is 1. The van der Waals surface area contributed by atoms with E-state index in [0.29, 0.717) is 4.57 Å². The number of nitrogens with two attached hydrogens (primary N) is 1. The lowest BCUT2D eigenvalue weighted by Gasteiger charge is -2.14. The van der Waals surface area contributed by atoms with E-state index in [-0.39, 0.29) is 17.0 Å². The summed E-state index contributed by atoms with van der Waals surface area (Å²) >= 11 is 0. The highest BCUT2D eigenvalue weighted by Gasteiger charge is 2.16. The summed E-state index contributed by atoms with van der Waals surface area (Å²) in [4.78, 5) is 28.8. The molecule has 0 aromatic carbocycles. The van der Waals surface area contributed by atoms with E-state index in [1.807, 2.05) is 0 Å². The van der Waals surface area contributed by atoms with Gasteiger partial charge in [-0.25, -0.2) is 15.0 Å². The number of anilines is 1. The van der Waals surface area contributed by atoms with Crippen molar-refractivity contribution in [2.24, 2.45) is 0 Å². The molecule has 0 bridgehead atoms. The van der Waals surface area contributed by atoms with E-state index in [2.05, 4.69) is 19.7 Å². The highest BCUT2D eigenvalue weighted by molar-refractivity contribution is 7.51. The summed E-state index contributed by atoms with van der Waals surface area (Å²) in [6.45, 7) is -6.85.